The van der Waals surface area contributed by atoms with Crippen LogP contribution in [0.15, 0.2) is 12.6 Å². The average Bonchev–Trinajstić information content (AvgIpc) is 2.76. The van der Waals surface area contributed by atoms with Crippen LogP contribution < -0.4 is 4.74 Å². The first-order valence-electron chi connectivity index (χ1n) is 5.03. The van der Waals surface area contributed by atoms with Crippen LogP contribution in [0.4, 0.5) is 0 Å². The van der Waals surface area contributed by atoms with Crippen LogP contribution >= 0.6 is 0 Å². The highest BCUT2D eigenvalue weighted by Gasteiger charge is 2.41. The van der Waals surface area contributed by atoms with Crippen molar-refractivity contribution in [2.75, 3.05) is 0 Å². The number of aromatic nitrogens is 4. The summed E-state index contributed by atoms with van der Waals surface area (Å²) in [5, 5.41) is 0. The molecule has 0 bridgehead atoms. The maximum Gasteiger partial charge on any atom is 0.245 e. The standard InChI is InChI=1S/C9H10N4O/c1-9(2-3-9)14-8-6-7(11-4-10-6)12-5-13-8/h4-5H,2-3H2,1H3,(H,10,11,12,13)/i4D. The lowest BCUT2D eigenvalue weighted by Crippen LogP contribution is -2.13. The number of nitrogens with zero attached hydrogens (tertiary/aromatic N) is 3. The van der Waals surface area contributed by atoms with E-state index in [0.717, 1.165) is 12.8 Å². The van der Waals surface area contributed by atoms with Gasteiger partial charge in [0.2, 0.25) is 5.88 Å². The summed E-state index contributed by atoms with van der Waals surface area (Å²) in [6.45, 7) is 2.04. The Hall–Kier alpha value is -1.65. The zero-order chi connectivity index (χ0) is 10.5. The molecule has 0 amide bonds. The third-order valence-corrected chi connectivity index (χ3v) is 2.43. The quantitative estimate of drug-likeness (QED) is 0.776. The number of aromatic amines is 1. The topological polar surface area (TPSA) is 63.7 Å². The molecular weight excluding hydrogens is 180 g/mol. The molecule has 3 rings (SSSR count). The van der Waals surface area contributed by atoms with E-state index in [9.17, 15) is 0 Å². The summed E-state index contributed by atoms with van der Waals surface area (Å²) < 4.78 is 13.1. The van der Waals surface area contributed by atoms with E-state index < -0.39 is 0 Å². The Morgan fingerprint density at radius 3 is 3.14 bits per heavy atom. The molecule has 0 radical (unpaired) electrons. The van der Waals surface area contributed by atoms with Crippen LogP contribution in [-0.2, 0) is 0 Å². The molecule has 0 aliphatic heterocycles. The van der Waals surface area contributed by atoms with Crippen molar-refractivity contribution >= 4 is 11.2 Å². The van der Waals surface area contributed by atoms with Crippen LogP contribution in [0, 0.1) is 0 Å². The van der Waals surface area contributed by atoms with Gasteiger partial charge in [-0.2, -0.15) is 4.98 Å². The molecular formula is C9H10N4O. The molecule has 0 saturated heterocycles. The minimum atomic E-state index is -0.0948. The highest BCUT2D eigenvalue weighted by molar-refractivity contribution is 5.75. The summed E-state index contributed by atoms with van der Waals surface area (Å²) in [4.78, 5) is 14.7. The van der Waals surface area contributed by atoms with Gasteiger partial charge in [-0.1, -0.05) is 0 Å². The van der Waals surface area contributed by atoms with E-state index in [1.54, 1.807) is 0 Å². The van der Waals surface area contributed by atoms with Crippen molar-refractivity contribution in [1.29, 1.82) is 0 Å². The zero-order valence-electron chi connectivity index (χ0n) is 8.74. The summed E-state index contributed by atoms with van der Waals surface area (Å²) >= 11 is 0. The van der Waals surface area contributed by atoms with Gasteiger partial charge in [0, 0.05) is 0 Å². The van der Waals surface area contributed by atoms with Crippen LogP contribution in [0.1, 0.15) is 21.1 Å². The lowest BCUT2D eigenvalue weighted by molar-refractivity contribution is 0.194. The summed E-state index contributed by atoms with van der Waals surface area (Å²) in [5.41, 5.74) is 0.993. The minimum absolute atomic E-state index is 0.0799. The van der Waals surface area contributed by atoms with Crippen LogP contribution in [0.25, 0.3) is 11.2 Å². The van der Waals surface area contributed by atoms with Crippen molar-refractivity contribution in [1.82, 2.24) is 19.9 Å². The average molecular weight is 191 g/mol. The predicted molar refractivity (Wildman–Crippen MR) is 50.0 cm³/mol. The molecule has 72 valence electrons. The second-order valence-corrected chi connectivity index (χ2v) is 3.78. The van der Waals surface area contributed by atoms with Gasteiger partial charge in [0.1, 0.15) is 13.3 Å². The molecule has 0 aromatic carbocycles. The van der Waals surface area contributed by atoms with E-state index in [1.165, 1.54) is 6.33 Å². The number of hydrogen-bond donors (Lipinski definition) is 1. The fraction of sp³-hybridized carbons (Fsp3) is 0.444. The lowest BCUT2D eigenvalue weighted by atomic mass is 10.4. The van der Waals surface area contributed by atoms with Crippen molar-refractivity contribution in [3.63, 3.8) is 0 Å². The van der Waals surface area contributed by atoms with E-state index in [-0.39, 0.29) is 11.9 Å². The predicted octanol–water partition coefficient (Wildman–Crippen LogP) is 1.28. The van der Waals surface area contributed by atoms with Gasteiger partial charge in [-0.25, -0.2) is 9.97 Å². The van der Waals surface area contributed by atoms with Crippen molar-refractivity contribution in [3.8, 4) is 5.88 Å². The molecule has 1 saturated carbocycles. The van der Waals surface area contributed by atoms with Gasteiger partial charge in [0.15, 0.2) is 11.2 Å². The summed E-state index contributed by atoms with van der Waals surface area (Å²) in [6.07, 6.45) is 3.57. The molecule has 2 heterocycles. The van der Waals surface area contributed by atoms with Gasteiger partial charge >= 0.3 is 0 Å². The largest absolute Gasteiger partial charge is 0.470 e. The maximum absolute atomic E-state index is 7.38. The van der Waals surface area contributed by atoms with E-state index in [1.807, 2.05) is 6.92 Å². The molecule has 14 heavy (non-hydrogen) atoms. The maximum atomic E-state index is 7.38. The van der Waals surface area contributed by atoms with Crippen molar-refractivity contribution < 1.29 is 6.11 Å². The molecule has 2 aromatic heterocycles. The first kappa shape index (κ1) is 6.75. The van der Waals surface area contributed by atoms with Gasteiger partial charge in [-0.15, -0.1) is 0 Å². The van der Waals surface area contributed by atoms with Crippen molar-refractivity contribution in [3.05, 3.63) is 12.6 Å². The Labute approximate surface area is 82.0 Å². The summed E-state index contributed by atoms with van der Waals surface area (Å²) in [7, 11) is 0. The molecule has 1 fully saturated rings. The van der Waals surface area contributed by atoms with E-state index in [2.05, 4.69) is 19.9 Å². The molecule has 0 unspecified atom stereocenters. The molecule has 5 nitrogen and oxygen atoms in total. The molecule has 1 aliphatic rings. The molecule has 1 aliphatic carbocycles. The molecule has 0 spiro atoms. The molecule has 2 aromatic rings. The fourth-order valence-corrected chi connectivity index (χ4v) is 1.28. The number of ether oxygens (including phenoxy) is 1. The van der Waals surface area contributed by atoms with Gasteiger partial charge < -0.3 is 9.72 Å². The minimum Gasteiger partial charge on any atom is -0.470 e. The van der Waals surface area contributed by atoms with E-state index in [0.29, 0.717) is 17.0 Å². The second-order valence-electron chi connectivity index (χ2n) is 3.78. The smallest absolute Gasteiger partial charge is 0.245 e. The van der Waals surface area contributed by atoms with Gasteiger partial charge in [0.25, 0.3) is 0 Å². The van der Waals surface area contributed by atoms with Crippen molar-refractivity contribution in [2.45, 2.75) is 25.4 Å². The SMILES string of the molecule is [2H]c1nc2c(OC3(C)CC3)ncnc2[nH]1. The summed E-state index contributed by atoms with van der Waals surface area (Å²) in [6, 6.07) is 0. The first-order chi connectivity index (χ1) is 7.16. The monoisotopic (exact) mass is 191 g/mol. The Morgan fingerprint density at radius 2 is 2.36 bits per heavy atom. The number of fused-ring (bicyclic) bond motifs is 1. The number of nitrogens with one attached hydrogen (secondary N) is 1. The zero-order valence-corrected chi connectivity index (χ0v) is 7.74. The Bertz CT molecular complexity index is 520. The Morgan fingerprint density at radius 1 is 1.50 bits per heavy atom. The molecule has 1 N–H and O–H groups in total. The normalized spacial score (nSPS) is 19.4. The van der Waals surface area contributed by atoms with Crippen LogP contribution in [0.5, 0.6) is 5.88 Å². The van der Waals surface area contributed by atoms with Crippen LogP contribution in [-0.4, -0.2) is 25.5 Å². The highest BCUT2D eigenvalue weighted by Crippen LogP contribution is 2.39. The fourth-order valence-electron chi connectivity index (χ4n) is 1.28. The van der Waals surface area contributed by atoms with Crippen LogP contribution in [0.3, 0.4) is 0 Å². The van der Waals surface area contributed by atoms with Gasteiger partial charge in [0.05, 0.1) is 6.30 Å². The van der Waals surface area contributed by atoms with Gasteiger partial charge in [-0.05, 0) is 19.8 Å². The lowest BCUT2D eigenvalue weighted by Gasteiger charge is -2.10. The van der Waals surface area contributed by atoms with E-state index in [4.69, 9.17) is 6.11 Å². The van der Waals surface area contributed by atoms with E-state index >= 15 is 0 Å². The molecule has 0 atom stereocenters. The third kappa shape index (κ3) is 1.13. The molecule has 5 heteroatoms. The van der Waals surface area contributed by atoms with Crippen molar-refractivity contribution in [2.24, 2.45) is 0 Å². The Balaban J connectivity index is 2.08. The second kappa shape index (κ2) is 2.43. The number of hydrogen-bond acceptors (Lipinski definition) is 4. The third-order valence-electron chi connectivity index (χ3n) is 2.43. The van der Waals surface area contributed by atoms with Gasteiger partial charge in [-0.3, -0.25) is 0 Å². The summed E-state index contributed by atoms with van der Waals surface area (Å²) in [5.74, 6) is 0.467. The van der Waals surface area contributed by atoms with Crippen LogP contribution in [0.2, 0.25) is 0 Å². The number of rotatable bonds is 2. The highest BCUT2D eigenvalue weighted by atomic mass is 16.5. The number of imidazole rings is 1. The number of H-pyrrole nitrogens is 1. The first-order valence-corrected chi connectivity index (χ1v) is 4.53. The Kier molecular flexibility index (Phi) is 1.17.